The van der Waals surface area contributed by atoms with Gasteiger partial charge in [0.1, 0.15) is 11.9 Å². The number of nitrogens with one attached hydrogen (secondary N) is 1. The molecule has 0 atom stereocenters. The molecule has 0 radical (unpaired) electrons. The maximum Gasteiger partial charge on any atom is 0.240 e. The van der Waals surface area contributed by atoms with Gasteiger partial charge in [0.05, 0.1) is 10.5 Å². The standard InChI is InChI=1S/C12H15FN2O2S/c1-12(2,3)8-15-18(16,17)10-4-5-11(13)9(6-10)7-14/h4-6,15H,8H2,1-3H3. The molecule has 0 heterocycles. The summed E-state index contributed by atoms with van der Waals surface area (Å²) in [4.78, 5) is -0.107. The fourth-order valence-electron chi connectivity index (χ4n) is 1.15. The summed E-state index contributed by atoms with van der Waals surface area (Å²) in [7, 11) is -3.71. The van der Waals surface area contributed by atoms with Crippen LogP contribution in [-0.2, 0) is 10.0 Å². The van der Waals surface area contributed by atoms with Gasteiger partial charge in [0.25, 0.3) is 0 Å². The Hall–Kier alpha value is -1.45. The molecule has 0 amide bonds. The summed E-state index contributed by atoms with van der Waals surface area (Å²) in [6.07, 6.45) is 0. The smallest absolute Gasteiger partial charge is 0.211 e. The first-order chi connectivity index (χ1) is 8.15. The zero-order valence-electron chi connectivity index (χ0n) is 10.5. The van der Waals surface area contributed by atoms with E-state index in [0.717, 1.165) is 18.2 Å². The number of hydrogen-bond donors (Lipinski definition) is 1. The van der Waals surface area contributed by atoms with Gasteiger partial charge in [-0.3, -0.25) is 0 Å². The van der Waals surface area contributed by atoms with Crippen LogP contribution in [0, 0.1) is 22.6 Å². The van der Waals surface area contributed by atoms with E-state index in [9.17, 15) is 12.8 Å². The van der Waals surface area contributed by atoms with Crippen LogP contribution in [0.1, 0.15) is 26.3 Å². The fourth-order valence-corrected chi connectivity index (χ4v) is 2.46. The molecule has 6 heteroatoms. The van der Waals surface area contributed by atoms with Crippen molar-refractivity contribution in [3.05, 3.63) is 29.6 Å². The first-order valence-electron chi connectivity index (χ1n) is 5.35. The lowest BCUT2D eigenvalue weighted by Crippen LogP contribution is -2.32. The van der Waals surface area contributed by atoms with Crippen molar-refractivity contribution in [2.45, 2.75) is 25.7 Å². The van der Waals surface area contributed by atoms with Crippen LogP contribution in [0.3, 0.4) is 0 Å². The molecule has 0 saturated carbocycles. The summed E-state index contributed by atoms with van der Waals surface area (Å²) in [5.74, 6) is -0.729. The van der Waals surface area contributed by atoms with E-state index in [0.29, 0.717) is 0 Å². The Kier molecular flexibility index (Phi) is 4.09. The van der Waals surface area contributed by atoms with E-state index < -0.39 is 15.8 Å². The fraction of sp³-hybridized carbons (Fsp3) is 0.417. The monoisotopic (exact) mass is 270 g/mol. The van der Waals surface area contributed by atoms with Crippen molar-refractivity contribution in [2.75, 3.05) is 6.54 Å². The van der Waals surface area contributed by atoms with Gasteiger partial charge in [-0.2, -0.15) is 5.26 Å². The topological polar surface area (TPSA) is 70.0 Å². The summed E-state index contributed by atoms with van der Waals surface area (Å²) >= 11 is 0. The molecule has 0 saturated heterocycles. The van der Waals surface area contributed by atoms with Gasteiger partial charge in [0, 0.05) is 6.54 Å². The van der Waals surface area contributed by atoms with Gasteiger partial charge in [0.15, 0.2) is 0 Å². The minimum Gasteiger partial charge on any atom is -0.211 e. The van der Waals surface area contributed by atoms with Crippen LogP contribution < -0.4 is 4.72 Å². The summed E-state index contributed by atoms with van der Waals surface area (Å²) < 4.78 is 39.4. The van der Waals surface area contributed by atoms with Gasteiger partial charge in [-0.1, -0.05) is 20.8 Å². The van der Waals surface area contributed by atoms with E-state index in [-0.39, 0.29) is 22.4 Å². The second-order valence-electron chi connectivity index (χ2n) is 5.14. The SMILES string of the molecule is CC(C)(C)CNS(=O)(=O)c1ccc(F)c(C#N)c1. The third-order valence-electron chi connectivity index (χ3n) is 2.16. The largest absolute Gasteiger partial charge is 0.240 e. The van der Waals surface area contributed by atoms with E-state index in [1.807, 2.05) is 20.8 Å². The molecule has 0 aliphatic rings. The molecule has 98 valence electrons. The molecular formula is C12H15FN2O2S. The number of halogens is 1. The number of hydrogen-bond acceptors (Lipinski definition) is 3. The molecule has 0 aliphatic carbocycles. The van der Waals surface area contributed by atoms with Crippen LogP contribution in [0.15, 0.2) is 23.1 Å². The minimum atomic E-state index is -3.71. The Morgan fingerprint density at radius 1 is 1.39 bits per heavy atom. The Balaban J connectivity index is 3.03. The zero-order valence-corrected chi connectivity index (χ0v) is 11.3. The Bertz CT molecular complexity index is 583. The van der Waals surface area contributed by atoms with Crippen molar-refractivity contribution in [1.82, 2.24) is 4.72 Å². The van der Waals surface area contributed by atoms with Crippen LogP contribution in [0.4, 0.5) is 4.39 Å². The second-order valence-corrected chi connectivity index (χ2v) is 6.91. The minimum absolute atomic E-state index is 0.107. The summed E-state index contributed by atoms with van der Waals surface area (Å²) in [5.41, 5.74) is -0.487. The maximum atomic E-state index is 13.1. The number of nitriles is 1. The van der Waals surface area contributed by atoms with E-state index in [1.165, 1.54) is 0 Å². The summed E-state index contributed by atoms with van der Waals surface area (Å²) in [6.45, 7) is 5.93. The first kappa shape index (κ1) is 14.6. The summed E-state index contributed by atoms with van der Waals surface area (Å²) in [5, 5.41) is 8.66. The lowest BCUT2D eigenvalue weighted by Gasteiger charge is -2.18. The quantitative estimate of drug-likeness (QED) is 0.913. The highest BCUT2D eigenvalue weighted by atomic mass is 32.2. The lowest BCUT2D eigenvalue weighted by atomic mass is 9.98. The number of nitrogens with zero attached hydrogens (tertiary/aromatic N) is 1. The van der Waals surface area contributed by atoms with Gasteiger partial charge >= 0.3 is 0 Å². The molecule has 1 rings (SSSR count). The van der Waals surface area contributed by atoms with Gasteiger partial charge in [0.2, 0.25) is 10.0 Å². The van der Waals surface area contributed by atoms with Crippen LogP contribution in [0.2, 0.25) is 0 Å². The van der Waals surface area contributed by atoms with E-state index in [4.69, 9.17) is 5.26 Å². The lowest BCUT2D eigenvalue weighted by molar-refractivity contribution is 0.407. The van der Waals surface area contributed by atoms with E-state index in [2.05, 4.69) is 4.72 Å². The average Bonchev–Trinajstić information content (AvgIpc) is 2.26. The highest BCUT2D eigenvalue weighted by Crippen LogP contribution is 2.16. The normalized spacial score (nSPS) is 12.2. The molecule has 1 N–H and O–H groups in total. The molecule has 0 aliphatic heterocycles. The molecule has 0 unspecified atom stereocenters. The van der Waals surface area contributed by atoms with Gasteiger partial charge < -0.3 is 0 Å². The predicted octanol–water partition coefficient (Wildman–Crippen LogP) is 2.02. The van der Waals surface area contributed by atoms with Gasteiger partial charge in [-0.15, -0.1) is 0 Å². The molecule has 4 nitrogen and oxygen atoms in total. The highest BCUT2D eigenvalue weighted by molar-refractivity contribution is 7.89. The van der Waals surface area contributed by atoms with Gasteiger partial charge in [-0.25, -0.2) is 17.5 Å². The third kappa shape index (κ3) is 3.79. The molecule has 0 aromatic heterocycles. The number of sulfonamides is 1. The van der Waals surface area contributed by atoms with Crippen molar-refractivity contribution >= 4 is 10.0 Å². The van der Waals surface area contributed by atoms with Crippen molar-refractivity contribution < 1.29 is 12.8 Å². The predicted molar refractivity (Wildman–Crippen MR) is 65.8 cm³/mol. The Morgan fingerprint density at radius 3 is 2.50 bits per heavy atom. The molecule has 0 bridgehead atoms. The summed E-state index contributed by atoms with van der Waals surface area (Å²) in [6, 6.07) is 4.76. The van der Waals surface area contributed by atoms with Crippen LogP contribution in [-0.4, -0.2) is 15.0 Å². The van der Waals surface area contributed by atoms with E-state index >= 15 is 0 Å². The van der Waals surface area contributed by atoms with Crippen molar-refractivity contribution in [2.24, 2.45) is 5.41 Å². The highest BCUT2D eigenvalue weighted by Gasteiger charge is 2.19. The first-order valence-corrected chi connectivity index (χ1v) is 6.83. The molecule has 1 aromatic rings. The zero-order chi connectivity index (χ0) is 14.0. The Labute approximate surface area is 106 Å². The van der Waals surface area contributed by atoms with Crippen molar-refractivity contribution in [1.29, 1.82) is 5.26 Å². The Morgan fingerprint density at radius 2 is 2.00 bits per heavy atom. The van der Waals surface area contributed by atoms with Crippen molar-refractivity contribution in [3.63, 3.8) is 0 Å². The van der Waals surface area contributed by atoms with Crippen molar-refractivity contribution in [3.8, 4) is 6.07 Å². The number of benzene rings is 1. The average molecular weight is 270 g/mol. The van der Waals surface area contributed by atoms with Gasteiger partial charge in [-0.05, 0) is 23.6 Å². The maximum absolute atomic E-state index is 13.1. The molecule has 0 spiro atoms. The molecule has 18 heavy (non-hydrogen) atoms. The van der Waals surface area contributed by atoms with Crippen LogP contribution in [0.25, 0.3) is 0 Å². The molecule has 0 fully saturated rings. The molecular weight excluding hydrogens is 255 g/mol. The van der Waals surface area contributed by atoms with E-state index in [1.54, 1.807) is 6.07 Å². The molecule has 1 aromatic carbocycles. The van der Waals surface area contributed by atoms with Crippen LogP contribution >= 0.6 is 0 Å². The van der Waals surface area contributed by atoms with Crippen LogP contribution in [0.5, 0.6) is 0 Å². The third-order valence-corrected chi connectivity index (χ3v) is 3.56. The number of rotatable bonds is 3. The second kappa shape index (κ2) is 5.04.